The summed E-state index contributed by atoms with van der Waals surface area (Å²) < 4.78 is 10.5. The lowest BCUT2D eigenvalue weighted by atomic mass is 10.1. The number of imide groups is 1. The van der Waals surface area contributed by atoms with Crippen LogP contribution in [0.15, 0.2) is 16.9 Å². The zero-order valence-electron chi connectivity index (χ0n) is 18.3. The van der Waals surface area contributed by atoms with Gasteiger partial charge in [-0.2, -0.15) is 0 Å². The third-order valence-electron chi connectivity index (χ3n) is 4.33. The molecule has 30 heavy (non-hydrogen) atoms. The van der Waals surface area contributed by atoms with E-state index in [1.807, 2.05) is 27.7 Å². The van der Waals surface area contributed by atoms with Crippen molar-refractivity contribution in [3.05, 3.63) is 28.3 Å². The third kappa shape index (κ3) is 6.18. The van der Waals surface area contributed by atoms with Gasteiger partial charge in [0.15, 0.2) is 23.9 Å². The summed E-state index contributed by atoms with van der Waals surface area (Å²) in [5, 5.41) is 5.38. The lowest BCUT2D eigenvalue weighted by Crippen LogP contribution is -3.11. The van der Waals surface area contributed by atoms with Crippen molar-refractivity contribution < 1.29 is 24.0 Å². The van der Waals surface area contributed by atoms with Crippen LogP contribution >= 0.6 is 0 Å². The van der Waals surface area contributed by atoms with Crippen LogP contribution in [0.1, 0.15) is 33.5 Å². The molecule has 0 radical (unpaired) electrons. The minimum atomic E-state index is -0.541. The number of likely N-dealkylation sites (N-methyl/N-ethyl adjacent to an activating group) is 1. The maximum absolute atomic E-state index is 12.5. The second-order valence-electron chi connectivity index (χ2n) is 7.95. The molecule has 10 nitrogen and oxygen atoms in total. The van der Waals surface area contributed by atoms with Crippen molar-refractivity contribution in [2.45, 2.75) is 39.8 Å². The summed E-state index contributed by atoms with van der Waals surface area (Å²) >= 11 is 0. The van der Waals surface area contributed by atoms with Crippen LogP contribution in [0.3, 0.4) is 0 Å². The van der Waals surface area contributed by atoms with Crippen LogP contribution in [-0.2, 0) is 11.3 Å². The minimum absolute atomic E-state index is 0.0573. The highest BCUT2D eigenvalue weighted by Gasteiger charge is 2.20. The van der Waals surface area contributed by atoms with Gasteiger partial charge in [0.1, 0.15) is 6.54 Å². The van der Waals surface area contributed by atoms with E-state index in [9.17, 15) is 14.4 Å². The van der Waals surface area contributed by atoms with Gasteiger partial charge in [-0.15, -0.1) is 0 Å². The van der Waals surface area contributed by atoms with E-state index in [0.717, 1.165) is 4.90 Å². The monoisotopic (exact) mass is 420 g/mol. The van der Waals surface area contributed by atoms with Crippen LogP contribution in [0, 0.1) is 0 Å². The highest BCUT2D eigenvalue weighted by Crippen LogP contribution is 2.29. The zero-order chi connectivity index (χ0) is 22.5. The fourth-order valence-corrected chi connectivity index (χ4v) is 2.92. The summed E-state index contributed by atoms with van der Waals surface area (Å²) in [4.78, 5) is 44.7. The number of carbonyl (C=O) groups is 2. The van der Waals surface area contributed by atoms with Gasteiger partial charge >= 0.3 is 6.03 Å². The fourth-order valence-electron chi connectivity index (χ4n) is 2.92. The number of nitrogens with zero attached hydrogens (tertiary/aromatic N) is 1. The number of H-pyrrole nitrogens is 1. The molecule has 0 saturated carbocycles. The average Bonchev–Trinajstić information content (AvgIpc) is 2.64. The first-order valence-corrected chi connectivity index (χ1v) is 9.66. The molecule has 4 N–H and O–H groups in total. The molecule has 1 atom stereocenters. The molecule has 0 aliphatic heterocycles. The van der Waals surface area contributed by atoms with Crippen molar-refractivity contribution in [1.82, 2.24) is 20.6 Å². The van der Waals surface area contributed by atoms with Crippen LogP contribution in [0.25, 0.3) is 10.9 Å². The standard InChI is InChI=1S/C20H29N5O5/c1-7-25(11-17(26)23-19(28)24-20(2,3)4)10-16-21-13-9-15(30-6)14(29-5)8-12(13)18(27)22-16/h8-9H,7,10-11H2,1-6H3,(H,21,22,27)(H2,23,24,26,28)/p+1. The maximum atomic E-state index is 12.5. The SMILES string of the molecule is CC[NH+](CC(=O)NC(=O)NC(C)(C)C)Cc1nc2cc(OC)c(OC)cc2c(=O)[nH]1. The first kappa shape index (κ1) is 23.1. The van der Waals surface area contributed by atoms with E-state index in [1.165, 1.54) is 14.2 Å². The normalized spacial score (nSPS) is 12.3. The number of aromatic nitrogens is 2. The number of quaternary nitrogens is 1. The van der Waals surface area contributed by atoms with Crippen LogP contribution in [0.2, 0.25) is 0 Å². The molecule has 3 amide bonds. The molecule has 1 unspecified atom stereocenters. The number of methoxy groups -OCH3 is 2. The van der Waals surface area contributed by atoms with Gasteiger partial charge in [0.2, 0.25) is 0 Å². The van der Waals surface area contributed by atoms with E-state index in [2.05, 4.69) is 20.6 Å². The molecule has 1 heterocycles. The van der Waals surface area contributed by atoms with Crippen molar-refractivity contribution in [2.75, 3.05) is 27.3 Å². The van der Waals surface area contributed by atoms with Crippen LogP contribution in [0.5, 0.6) is 11.5 Å². The Balaban J connectivity index is 2.15. The number of aromatic amines is 1. The Morgan fingerprint density at radius 2 is 1.80 bits per heavy atom. The van der Waals surface area contributed by atoms with Gasteiger partial charge in [-0.3, -0.25) is 14.9 Å². The van der Waals surface area contributed by atoms with Gasteiger partial charge in [0, 0.05) is 11.6 Å². The second kappa shape index (κ2) is 9.57. The Kier molecular flexibility index (Phi) is 7.38. The lowest BCUT2D eigenvalue weighted by molar-refractivity contribution is -0.904. The van der Waals surface area contributed by atoms with Crippen LogP contribution in [-0.4, -0.2) is 54.8 Å². The first-order valence-electron chi connectivity index (χ1n) is 9.66. The van der Waals surface area contributed by atoms with Crippen LogP contribution in [0.4, 0.5) is 4.79 Å². The number of amides is 3. The van der Waals surface area contributed by atoms with Gasteiger partial charge in [-0.25, -0.2) is 9.78 Å². The van der Waals surface area contributed by atoms with E-state index in [1.54, 1.807) is 12.1 Å². The lowest BCUT2D eigenvalue weighted by Gasteiger charge is -2.21. The minimum Gasteiger partial charge on any atom is -0.493 e. The Labute approximate surface area is 175 Å². The number of nitrogens with one attached hydrogen (secondary N) is 4. The molecule has 0 fully saturated rings. The van der Waals surface area contributed by atoms with Gasteiger partial charge in [0.05, 0.1) is 31.7 Å². The predicted octanol–water partition coefficient (Wildman–Crippen LogP) is -0.0306. The number of hydrogen-bond donors (Lipinski definition) is 4. The van der Waals surface area contributed by atoms with Gasteiger partial charge in [-0.05, 0) is 33.8 Å². The number of rotatable bonds is 7. The second-order valence-corrected chi connectivity index (χ2v) is 7.95. The molecule has 0 aliphatic rings. The van der Waals surface area contributed by atoms with E-state index in [4.69, 9.17) is 9.47 Å². The summed E-state index contributed by atoms with van der Waals surface area (Å²) in [5.41, 5.74) is -0.281. The summed E-state index contributed by atoms with van der Waals surface area (Å²) in [6, 6.07) is 2.68. The smallest absolute Gasteiger partial charge is 0.322 e. The van der Waals surface area contributed by atoms with Crippen LogP contribution < -0.4 is 30.6 Å². The number of carbonyl (C=O) groups excluding carboxylic acids is 2. The zero-order valence-corrected chi connectivity index (χ0v) is 18.3. The molecule has 2 rings (SSSR count). The molecule has 164 valence electrons. The number of urea groups is 1. The van der Waals surface area contributed by atoms with Crippen molar-refractivity contribution in [1.29, 1.82) is 0 Å². The fraction of sp³-hybridized carbons (Fsp3) is 0.500. The van der Waals surface area contributed by atoms with E-state index < -0.39 is 17.5 Å². The quantitative estimate of drug-likeness (QED) is 0.498. The van der Waals surface area contributed by atoms with Gasteiger partial charge in [0.25, 0.3) is 11.5 Å². The van der Waals surface area contributed by atoms with E-state index >= 15 is 0 Å². The number of hydrogen-bond acceptors (Lipinski definition) is 6. The van der Waals surface area contributed by atoms with Crippen molar-refractivity contribution in [3.8, 4) is 11.5 Å². The summed E-state index contributed by atoms with van der Waals surface area (Å²) in [5.74, 6) is 0.931. The molecule has 2 aromatic rings. The Bertz CT molecular complexity index is 980. The molecular formula is C20H30N5O5+. The first-order chi connectivity index (χ1) is 14.1. The van der Waals surface area contributed by atoms with Crippen molar-refractivity contribution in [3.63, 3.8) is 0 Å². The molecule has 10 heteroatoms. The molecule has 0 bridgehead atoms. The molecule has 0 spiro atoms. The number of benzene rings is 1. The summed E-state index contributed by atoms with van der Waals surface area (Å²) in [6.07, 6.45) is 0. The predicted molar refractivity (Wildman–Crippen MR) is 112 cm³/mol. The maximum Gasteiger partial charge on any atom is 0.322 e. The highest BCUT2D eigenvalue weighted by molar-refractivity contribution is 5.95. The number of fused-ring (bicyclic) bond motifs is 1. The molecule has 1 aromatic carbocycles. The molecule has 0 aliphatic carbocycles. The summed E-state index contributed by atoms with van der Waals surface area (Å²) in [7, 11) is 3.00. The Morgan fingerprint density at radius 3 is 2.37 bits per heavy atom. The van der Waals surface area contributed by atoms with Crippen molar-refractivity contribution in [2.24, 2.45) is 0 Å². The topological polar surface area (TPSA) is 127 Å². The van der Waals surface area contributed by atoms with E-state index in [0.29, 0.717) is 41.3 Å². The Morgan fingerprint density at radius 1 is 1.17 bits per heavy atom. The third-order valence-corrected chi connectivity index (χ3v) is 4.33. The average molecular weight is 420 g/mol. The highest BCUT2D eigenvalue weighted by atomic mass is 16.5. The Hall–Kier alpha value is -3.14. The summed E-state index contributed by atoms with van der Waals surface area (Å²) in [6.45, 7) is 8.35. The molecule has 1 aromatic heterocycles. The van der Waals surface area contributed by atoms with Gasteiger partial charge < -0.3 is 24.7 Å². The largest absolute Gasteiger partial charge is 0.493 e. The molecule has 0 saturated heterocycles. The van der Waals surface area contributed by atoms with Crippen molar-refractivity contribution >= 4 is 22.8 Å². The van der Waals surface area contributed by atoms with Gasteiger partial charge in [-0.1, -0.05) is 0 Å². The molecular weight excluding hydrogens is 390 g/mol. The van der Waals surface area contributed by atoms with E-state index in [-0.39, 0.29) is 12.1 Å². The number of ether oxygens (including phenoxy) is 2.